The third-order valence-corrected chi connectivity index (χ3v) is 3.39. The van der Waals surface area contributed by atoms with Crippen LogP contribution in [0.4, 0.5) is 11.4 Å². The van der Waals surface area contributed by atoms with Crippen molar-refractivity contribution in [2.75, 3.05) is 26.1 Å². The third kappa shape index (κ3) is 3.46. The smallest absolute Gasteiger partial charge is 0.332 e. The molecule has 0 fully saturated rings. The van der Waals surface area contributed by atoms with Crippen LogP contribution >= 0.6 is 11.6 Å². The van der Waals surface area contributed by atoms with Crippen molar-refractivity contribution in [1.82, 2.24) is 4.98 Å². The lowest BCUT2D eigenvalue weighted by atomic mass is 10.1. The summed E-state index contributed by atoms with van der Waals surface area (Å²) in [7, 11) is 5.24. The zero-order valence-electron chi connectivity index (χ0n) is 12.5. The summed E-state index contributed by atoms with van der Waals surface area (Å²) in [4.78, 5) is 16.9. The summed E-state index contributed by atoms with van der Waals surface area (Å²) in [6.07, 6.45) is 0.301. The first-order valence-electron chi connectivity index (χ1n) is 6.56. The minimum Gasteiger partial charge on any atom is -0.490 e. The van der Waals surface area contributed by atoms with Gasteiger partial charge < -0.3 is 9.64 Å². The maximum atomic E-state index is 11.3. The van der Waals surface area contributed by atoms with Crippen LogP contribution in [-0.4, -0.2) is 31.1 Å². The number of anilines is 1. The minimum absolute atomic E-state index is 0.115. The molecular weight excluding hydrogens is 306 g/mol. The van der Waals surface area contributed by atoms with E-state index in [0.717, 1.165) is 11.3 Å². The normalized spacial score (nSPS) is 10.4. The molecule has 0 bridgehead atoms. The van der Waals surface area contributed by atoms with E-state index in [1.807, 2.05) is 43.3 Å². The van der Waals surface area contributed by atoms with E-state index < -0.39 is 4.92 Å². The summed E-state index contributed by atoms with van der Waals surface area (Å²) < 4.78 is 5.05. The van der Waals surface area contributed by atoms with E-state index in [0.29, 0.717) is 6.42 Å². The van der Waals surface area contributed by atoms with E-state index in [1.165, 1.54) is 13.2 Å². The van der Waals surface area contributed by atoms with Gasteiger partial charge in [-0.3, -0.25) is 10.1 Å². The summed E-state index contributed by atoms with van der Waals surface area (Å²) >= 11 is 5.93. The van der Waals surface area contributed by atoms with Crippen molar-refractivity contribution in [3.05, 3.63) is 56.9 Å². The van der Waals surface area contributed by atoms with Crippen LogP contribution in [0.1, 0.15) is 11.3 Å². The van der Waals surface area contributed by atoms with E-state index in [-0.39, 0.29) is 22.3 Å². The minimum atomic E-state index is -0.493. The highest BCUT2D eigenvalue weighted by Crippen LogP contribution is 2.33. The van der Waals surface area contributed by atoms with Gasteiger partial charge in [-0.05, 0) is 17.7 Å². The van der Waals surface area contributed by atoms with Gasteiger partial charge >= 0.3 is 5.69 Å². The van der Waals surface area contributed by atoms with E-state index >= 15 is 0 Å². The van der Waals surface area contributed by atoms with Crippen molar-refractivity contribution in [3.8, 4) is 5.75 Å². The average Bonchev–Trinajstić information content (AvgIpc) is 2.46. The Kier molecular flexibility index (Phi) is 4.82. The maximum absolute atomic E-state index is 11.3. The maximum Gasteiger partial charge on any atom is 0.332 e. The van der Waals surface area contributed by atoms with Gasteiger partial charge in [0.15, 0.2) is 0 Å². The highest BCUT2D eigenvalue weighted by atomic mass is 35.5. The fourth-order valence-electron chi connectivity index (χ4n) is 2.15. The van der Waals surface area contributed by atoms with Crippen LogP contribution in [0.3, 0.4) is 0 Å². The molecule has 0 aliphatic rings. The van der Waals surface area contributed by atoms with Gasteiger partial charge in [0.1, 0.15) is 10.8 Å². The SMILES string of the molecule is COc1cc(Cl)nc(Cc2cccc(N(C)C)c2)c1[N+](=O)[O-]. The number of nitrogens with zero attached hydrogens (tertiary/aromatic N) is 3. The van der Waals surface area contributed by atoms with Crippen LogP contribution in [0, 0.1) is 10.1 Å². The second-order valence-corrected chi connectivity index (χ2v) is 5.33. The van der Waals surface area contributed by atoms with Gasteiger partial charge in [0.25, 0.3) is 0 Å². The van der Waals surface area contributed by atoms with E-state index in [2.05, 4.69) is 4.98 Å². The monoisotopic (exact) mass is 321 g/mol. The van der Waals surface area contributed by atoms with Crippen molar-refractivity contribution in [2.24, 2.45) is 0 Å². The van der Waals surface area contributed by atoms with Crippen molar-refractivity contribution >= 4 is 23.0 Å². The van der Waals surface area contributed by atoms with E-state index in [1.54, 1.807) is 0 Å². The van der Waals surface area contributed by atoms with E-state index in [9.17, 15) is 10.1 Å². The first-order chi connectivity index (χ1) is 10.4. The Morgan fingerprint density at radius 3 is 2.68 bits per heavy atom. The van der Waals surface area contributed by atoms with Crippen molar-refractivity contribution in [1.29, 1.82) is 0 Å². The lowest BCUT2D eigenvalue weighted by Crippen LogP contribution is -2.09. The van der Waals surface area contributed by atoms with Crippen molar-refractivity contribution < 1.29 is 9.66 Å². The number of benzene rings is 1. The summed E-state index contributed by atoms with van der Waals surface area (Å²) in [5, 5.41) is 11.5. The van der Waals surface area contributed by atoms with Crippen LogP contribution in [-0.2, 0) is 6.42 Å². The fraction of sp³-hybridized carbons (Fsp3) is 0.267. The Morgan fingerprint density at radius 2 is 2.09 bits per heavy atom. The summed E-state index contributed by atoms with van der Waals surface area (Å²) in [6, 6.07) is 9.06. The van der Waals surface area contributed by atoms with Crippen LogP contribution in [0.5, 0.6) is 5.75 Å². The molecule has 2 rings (SSSR count). The largest absolute Gasteiger partial charge is 0.490 e. The number of rotatable bonds is 5. The molecule has 7 heteroatoms. The molecule has 0 unspecified atom stereocenters. The third-order valence-electron chi connectivity index (χ3n) is 3.20. The van der Waals surface area contributed by atoms with Crippen LogP contribution in [0.2, 0.25) is 5.15 Å². The molecule has 0 saturated heterocycles. The number of ether oxygens (including phenoxy) is 1. The molecule has 116 valence electrons. The van der Waals surface area contributed by atoms with Gasteiger partial charge in [-0.1, -0.05) is 23.7 Å². The molecule has 22 heavy (non-hydrogen) atoms. The molecule has 1 heterocycles. The Morgan fingerprint density at radius 1 is 1.36 bits per heavy atom. The average molecular weight is 322 g/mol. The van der Waals surface area contributed by atoms with Gasteiger partial charge in [-0.2, -0.15) is 0 Å². The molecule has 0 spiro atoms. The van der Waals surface area contributed by atoms with Gasteiger partial charge in [0, 0.05) is 32.3 Å². The predicted molar refractivity (Wildman–Crippen MR) is 86.0 cm³/mol. The second-order valence-electron chi connectivity index (χ2n) is 4.94. The fourth-order valence-corrected chi connectivity index (χ4v) is 2.35. The Labute approximate surface area is 133 Å². The zero-order chi connectivity index (χ0) is 16.3. The molecule has 1 aromatic heterocycles. The lowest BCUT2D eigenvalue weighted by Gasteiger charge is -2.13. The molecular formula is C15H16ClN3O3. The molecule has 0 saturated carbocycles. The molecule has 0 aliphatic heterocycles. The standard InChI is InChI=1S/C15H16ClN3O3/c1-18(2)11-6-4-5-10(7-11)8-12-15(19(20)21)13(22-3)9-14(16)17-12/h4-7,9H,8H2,1-3H3. The van der Waals surface area contributed by atoms with Crippen LogP contribution < -0.4 is 9.64 Å². The molecule has 0 atom stereocenters. The number of halogens is 1. The first-order valence-corrected chi connectivity index (χ1v) is 6.94. The van der Waals surface area contributed by atoms with Crippen molar-refractivity contribution in [3.63, 3.8) is 0 Å². The Balaban J connectivity index is 2.47. The van der Waals surface area contributed by atoms with Crippen molar-refractivity contribution in [2.45, 2.75) is 6.42 Å². The summed E-state index contributed by atoms with van der Waals surface area (Å²) in [6.45, 7) is 0. The Hall–Kier alpha value is -2.34. The molecule has 0 N–H and O–H groups in total. The number of pyridine rings is 1. The number of nitro groups is 1. The molecule has 1 aromatic carbocycles. The van der Waals surface area contributed by atoms with Crippen LogP contribution in [0.25, 0.3) is 0 Å². The van der Waals surface area contributed by atoms with Gasteiger partial charge in [-0.15, -0.1) is 0 Å². The molecule has 2 aromatic rings. The summed E-state index contributed by atoms with van der Waals surface area (Å²) in [5.74, 6) is 0.115. The topological polar surface area (TPSA) is 68.5 Å². The van der Waals surface area contributed by atoms with Gasteiger partial charge in [-0.25, -0.2) is 4.98 Å². The lowest BCUT2D eigenvalue weighted by molar-refractivity contribution is -0.386. The molecule has 0 radical (unpaired) electrons. The van der Waals surface area contributed by atoms with Gasteiger partial charge in [0.2, 0.25) is 5.75 Å². The highest BCUT2D eigenvalue weighted by molar-refractivity contribution is 6.29. The first kappa shape index (κ1) is 16.0. The second kappa shape index (κ2) is 6.62. The Bertz CT molecular complexity index is 704. The van der Waals surface area contributed by atoms with E-state index in [4.69, 9.17) is 16.3 Å². The highest BCUT2D eigenvalue weighted by Gasteiger charge is 2.23. The van der Waals surface area contributed by atoms with Crippen LogP contribution in [0.15, 0.2) is 30.3 Å². The quantitative estimate of drug-likeness (QED) is 0.480. The number of methoxy groups -OCH3 is 1. The molecule has 0 amide bonds. The zero-order valence-corrected chi connectivity index (χ0v) is 13.3. The predicted octanol–water partition coefficient (Wildman–Crippen LogP) is 3.31. The number of hydrogen-bond donors (Lipinski definition) is 0. The molecule has 0 aliphatic carbocycles. The van der Waals surface area contributed by atoms with Gasteiger partial charge in [0.05, 0.1) is 12.0 Å². The molecule has 6 nitrogen and oxygen atoms in total. The summed E-state index contributed by atoms with van der Waals surface area (Å²) in [5.41, 5.74) is 2.05. The number of hydrogen-bond acceptors (Lipinski definition) is 5. The number of aromatic nitrogens is 1.